The van der Waals surface area contributed by atoms with Gasteiger partial charge in [0, 0.05) is 24.2 Å². The van der Waals surface area contributed by atoms with E-state index in [1.807, 2.05) is 43.3 Å². The van der Waals surface area contributed by atoms with E-state index in [1.54, 1.807) is 16.8 Å². The van der Waals surface area contributed by atoms with Crippen molar-refractivity contribution in [2.45, 2.75) is 45.8 Å². The average Bonchev–Trinajstić information content (AvgIpc) is 3.37. The van der Waals surface area contributed by atoms with Gasteiger partial charge in [0.05, 0.1) is 12.6 Å². The Morgan fingerprint density at radius 2 is 1.79 bits per heavy atom. The van der Waals surface area contributed by atoms with Crippen LogP contribution in [0.3, 0.4) is 0 Å². The zero-order chi connectivity index (χ0) is 26.5. The number of pyridine rings is 1. The molecule has 0 unspecified atom stereocenters. The highest BCUT2D eigenvalue weighted by atomic mass is 19.1. The first-order valence-corrected chi connectivity index (χ1v) is 12.9. The summed E-state index contributed by atoms with van der Waals surface area (Å²) < 4.78 is 15.2. The molecule has 0 saturated carbocycles. The number of nitrogens with one attached hydrogen (secondary N) is 1. The minimum Gasteiger partial charge on any atom is -0.322 e. The number of halogens is 1. The zero-order valence-electron chi connectivity index (χ0n) is 21.6. The number of hydrogen-bond acceptors (Lipinski definition) is 5. The fraction of sp³-hybridized carbons (Fsp3) is 0.267. The second-order valence-corrected chi connectivity index (χ2v) is 9.67. The van der Waals surface area contributed by atoms with Crippen LogP contribution < -0.4 is 5.56 Å². The van der Waals surface area contributed by atoms with E-state index in [-0.39, 0.29) is 17.4 Å². The molecule has 194 valence electrons. The minimum absolute atomic E-state index is 0.0893. The molecule has 0 bridgehead atoms. The van der Waals surface area contributed by atoms with Crippen LogP contribution in [0.25, 0.3) is 10.9 Å². The quantitative estimate of drug-likeness (QED) is 0.279. The number of rotatable bonds is 10. The third-order valence-corrected chi connectivity index (χ3v) is 6.91. The summed E-state index contributed by atoms with van der Waals surface area (Å²) in [5, 5.41) is 13.6. The highest BCUT2D eigenvalue weighted by Gasteiger charge is 2.26. The smallest absolute Gasteiger partial charge is 0.252 e. The van der Waals surface area contributed by atoms with Crippen LogP contribution in [0.2, 0.25) is 0 Å². The van der Waals surface area contributed by atoms with Crippen molar-refractivity contribution in [3.05, 3.63) is 123 Å². The molecule has 0 fully saturated rings. The van der Waals surface area contributed by atoms with Crippen molar-refractivity contribution in [2.75, 3.05) is 6.54 Å². The molecule has 0 aliphatic carbocycles. The van der Waals surface area contributed by atoms with Crippen LogP contribution >= 0.6 is 0 Å². The van der Waals surface area contributed by atoms with E-state index in [4.69, 9.17) is 0 Å². The number of aryl methyl sites for hydroxylation is 1. The second kappa shape index (κ2) is 11.5. The molecule has 0 spiro atoms. The molecule has 1 N–H and O–H groups in total. The van der Waals surface area contributed by atoms with Crippen LogP contribution in [-0.4, -0.2) is 36.6 Å². The standard InChI is InChI=1S/C30H31FN6O/c1-3-28(29-33-34-35-37(29)19-23-10-13-26(31)14-11-23)36(16-15-22-7-5-4-6-8-22)20-25-18-24-12-9-21(2)17-27(24)32-30(25)38/h4-14,17-18,28H,3,15-16,19-20H2,1-2H3,(H,32,38)/t28-/m0/s1. The van der Waals surface area contributed by atoms with E-state index in [9.17, 15) is 9.18 Å². The van der Waals surface area contributed by atoms with Gasteiger partial charge in [0.1, 0.15) is 5.82 Å². The fourth-order valence-corrected chi connectivity index (χ4v) is 4.89. The predicted octanol–water partition coefficient (Wildman–Crippen LogP) is 5.21. The molecule has 0 aliphatic rings. The molecule has 38 heavy (non-hydrogen) atoms. The highest BCUT2D eigenvalue weighted by Crippen LogP contribution is 2.25. The zero-order valence-corrected chi connectivity index (χ0v) is 21.6. The SMILES string of the molecule is CC[C@@H](c1nnnn1Cc1ccc(F)cc1)N(CCc1ccccc1)Cc1cc2ccc(C)cc2[nH]c1=O. The number of aromatic amines is 1. The third-order valence-electron chi connectivity index (χ3n) is 6.91. The highest BCUT2D eigenvalue weighted by molar-refractivity contribution is 5.79. The van der Waals surface area contributed by atoms with Gasteiger partial charge in [-0.15, -0.1) is 5.10 Å². The molecule has 5 rings (SSSR count). The molecular formula is C30H31FN6O. The van der Waals surface area contributed by atoms with Gasteiger partial charge >= 0.3 is 0 Å². The number of tetrazole rings is 1. The summed E-state index contributed by atoms with van der Waals surface area (Å²) in [5.74, 6) is 0.442. The van der Waals surface area contributed by atoms with Gasteiger partial charge in [-0.05, 0) is 76.5 Å². The largest absolute Gasteiger partial charge is 0.322 e. The molecule has 1 atom stereocenters. The topological polar surface area (TPSA) is 79.7 Å². The number of hydrogen-bond donors (Lipinski definition) is 1. The molecule has 0 radical (unpaired) electrons. The Balaban J connectivity index is 1.47. The Morgan fingerprint density at radius 1 is 1.00 bits per heavy atom. The van der Waals surface area contributed by atoms with Crippen LogP contribution in [-0.2, 0) is 19.5 Å². The molecule has 8 heteroatoms. The van der Waals surface area contributed by atoms with Gasteiger partial charge in [0.25, 0.3) is 5.56 Å². The van der Waals surface area contributed by atoms with Gasteiger partial charge in [-0.2, -0.15) is 0 Å². The van der Waals surface area contributed by atoms with E-state index >= 15 is 0 Å². The van der Waals surface area contributed by atoms with Crippen LogP contribution in [0.4, 0.5) is 4.39 Å². The van der Waals surface area contributed by atoms with Gasteiger partial charge in [0.2, 0.25) is 0 Å². The molecule has 7 nitrogen and oxygen atoms in total. The van der Waals surface area contributed by atoms with Gasteiger partial charge in [-0.3, -0.25) is 9.69 Å². The lowest BCUT2D eigenvalue weighted by Crippen LogP contribution is -2.34. The lowest BCUT2D eigenvalue weighted by molar-refractivity contribution is 0.172. The van der Waals surface area contributed by atoms with Crippen molar-refractivity contribution < 1.29 is 4.39 Å². The number of aromatic nitrogens is 5. The number of H-pyrrole nitrogens is 1. The average molecular weight is 511 g/mol. The Labute approximate surface area is 220 Å². The van der Waals surface area contributed by atoms with Crippen LogP contribution in [0.1, 0.15) is 47.5 Å². The predicted molar refractivity (Wildman–Crippen MR) is 146 cm³/mol. The Hall–Kier alpha value is -4.17. The van der Waals surface area contributed by atoms with Gasteiger partial charge in [-0.1, -0.05) is 61.5 Å². The van der Waals surface area contributed by atoms with E-state index < -0.39 is 0 Å². The third kappa shape index (κ3) is 5.86. The van der Waals surface area contributed by atoms with Crippen molar-refractivity contribution in [3.8, 4) is 0 Å². The second-order valence-electron chi connectivity index (χ2n) is 9.67. The van der Waals surface area contributed by atoms with Gasteiger partial charge < -0.3 is 4.98 Å². The molecule has 5 aromatic rings. The van der Waals surface area contributed by atoms with Gasteiger partial charge in [0.15, 0.2) is 5.82 Å². The molecule has 3 aromatic carbocycles. The summed E-state index contributed by atoms with van der Waals surface area (Å²) >= 11 is 0. The summed E-state index contributed by atoms with van der Waals surface area (Å²) in [6.07, 6.45) is 1.57. The summed E-state index contributed by atoms with van der Waals surface area (Å²) in [6, 6.07) is 24.6. The number of benzene rings is 3. The van der Waals surface area contributed by atoms with E-state index in [1.165, 1.54) is 17.7 Å². The maximum absolute atomic E-state index is 13.4. The first-order valence-electron chi connectivity index (χ1n) is 12.9. The number of fused-ring (bicyclic) bond motifs is 1. The molecule has 2 heterocycles. The molecule has 0 amide bonds. The summed E-state index contributed by atoms with van der Waals surface area (Å²) in [7, 11) is 0. The van der Waals surface area contributed by atoms with Crippen molar-refractivity contribution in [3.63, 3.8) is 0 Å². The van der Waals surface area contributed by atoms with Gasteiger partial charge in [-0.25, -0.2) is 9.07 Å². The van der Waals surface area contributed by atoms with E-state index in [0.717, 1.165) is 47.2 Å². The van der Waals surface area contributed by atoms with Crippen LogP contribution in [0, 0.1) is 12.7 Å². The first kappa shape index (κ1) is 25.5. The summed E-state index contributed by atoms with van der Waals surface area (Å²) in [5.41, 5.74) is 4.68. The van der Waals surface area contributed by atoms with Crippen molar-refractivity contribution in [1.82, 2.24) is 30.1 Å². The van der Waals surface area contributed by atoms with Crippen LogP contribution in [0.15, 0.2) is 83.7 Å². The molecular weight excluding hydrogens is 479 g/mol. The van der Waals surface area contributed by atoms with Crippen LogP contribution in [0.5, 0.6) is 0 Å². The van der Waals surface area contributed by atoms with E-state index in [2.05, 4.69) is 50.5 Å². The Morgan fingerprint density at radius 3 is 2.55 bits per heavy atom. The Bertz CT molecular complexity index is 1560. The summed E-state index contributed by atoms with van der Waals surface area (Å²) in [6.45, 7) is 5.72. The minimum atomic E-state index is -0.278. The maximum Gasteiger partial charge on any atom is 0.252 e. The lowest BCUT2D eigenvalue weighted by Gasteiger charge is -2.30. The normalized spacial score (nSPS) is 12.3. The maximum atomic E-state index is 13.4. The monoisotopic (exact) mass is 510 g/mol. The molecule has 0 saturated heterocycles. The fourth-order valence-electron chi connectivity index (χ4n) is 4.89. The summed E-state index contributed by atoms with van der Waals surface area (Å²) in [4.78, 5) is 18.5. The van der Waals surface area contributed by atoms with Crippen molar-refractivity contribution >= 4 is 10.9 Å². The van der Waals surface area contributed by atoms with Crippen molar-refractivity contribution in [2.24, 2.45) is 0 Å². The van der Waals surface area contributed by atoms with Crippen molar-refractivity contribution in [1.29, 1.82) is 0 Å². The molecule has 2 aromatic heterocycles. The van der Waals surface area contributed by atoms with E-state index in [0.29, 0.717) is 18.7 Å². The first-order chi connectivity index (χ1) is 18.5. The number of nitrogens with zero attached hydrogens (tertiary/aromatic N) is 5. The molecule has 0 aliphatic heterocycles. The Kier molecular flexibility index (Phi) is 7.70. The lowest BCUT2D eigenvalue weighted by atomic mass is 10.1.